The molecule has 0 saturated carbocycles. The molecule has 4 N–H and O–H groups in total. The lowest BCUT2D eigenvalue weighted by atomic mass is 10.1. The number of hydrogen-bond acceptors (Lipinski definition) is 4. The summed E-state index contributed by atoms with van der Waals surface area (Å²) in [6, 6.07) is 20.1. The molecule has 3 rings (SSSR count). The molecule has 1 aromatic heterocycles. The largest absolute Gasteiger partial charge is 0.506 e. The maximum Gasteiger partial charge on any atom is 0.200 e. The van der Waals surface area contributed by atoms with Crippen molar-refractivity contribution in [2.75, 3.05) is 5.32 Å². The molecule has 0 bridgehead atoms. The van der Waals surface area contributed by atoms with E-state index in [2.05, 4.69) is 20.5 Å². The zero-order valence-electron chi connectivity index (χ0n) is 12.2. The number of benzene rings is 2. The predicted molar refractivity (Wildman–Crippen MR) is 90.5 cm³/mol. The molecule has 23 heavy (non-hydrogen) atoms. The predicted octanol–water partition coefficient (Wildman–Crippen LogP) is 2.91. The Hall–Kier alpha value is -3.41. The molecular weight excluding hydrogens is 290 g/mol. The van der Waals surface area contributed by atoms with E-state index in [0.29, 0.717) is 11.5 Å². The van der Waals surface area contributed by atoms with E-state index in [1.54, 1.807) is 30.3 Å². The molecule has 0 aliphatic heterocycles. The van der Waals surface area contributed by atoms with E-state index in [0.717, 1.165) is 11.3 Å². The summed E-state index contributed by atoms with van der Waals surface area (Å²) in [5.41, 5.74) is 8.03. The molecule has 0 saturated heterocycles. The van der Waals surface area contributed by atoms with Crippen LogP contribution in [-0.2, 0) is 0 Å². The summed E-state index contributed by atoms with van der Waals surface area (Å²) in [5.74, 6) is 0.592. The summed E-state index contributed by atoms with van der Waals surface area (Å²) in [5, 5.41) is 20.7. The summed E-state index contributed by atoms with van der Waals surface area (Å²) in [7, 11) is 0. The number of phenolic OH excluding ortho intramolecular Hbond substituents is 1. The van der Waals surface area contributed by atoms with Crippen LogP contribution in [0.4, 0.5) is 11.5 Å². The number of rotatable bonds is 3. The Morgan fingerprint density at radius 3 is 2.35 bits per heavy atom. The molecule has 114 valence electrons. The number of phenols is 1. The first-order valence-electron chi connectivity index (χ1n) is 7.01. The Bertz CT molecular complexity index is 816. The highest BCUT2D eigenvalue weighted by Gasteiger charge is 2.03. The zero-order valence-corrected chi connectivity index (χ0v) is 12.2. The average molecular weight is 305 g/mol. The summed E-state index contributed by atoms with van der Waals surface area (Å²) >= 11 is 0. The average Bonchev–Trinajstić information content (AvgIpc) is 2.58. The number of guanidine groups is 1. The van der Waals surface area contributed by atoms with Crippen LogP contribution in [0, 0.1) is 0 Å². The summed E-state index contributed by atoms with van der Waals surface area (Å²) in [6.45, 7) is 0. The van der Waals surface area contributed by atoms with Gasteiger partial charge in [-0.15, -0.1) is 10.2 Å². The highest BCUT2D eigenvalue weighted by molar-refractivity contribution is 5.94. The van der Waals surface area contributed by atoms with E-state index in [1.807, 2.05) is 36.4 Å². The molecule has 2 aromatic carbocycles. The van der Waals surface area contributed by atoms with Crippen LogP contribution in [0.25, 0.3) is 11.3 Å². The van der Waals surface area contributed by atoms with Crippen LogP contribution in [0.15, 0.2) is 71.7 Å². The highest BCUT2D eigenvalue weighted by Crippen LogP contribution is 2.21. The minimum absolute atomic E-state index is 0.0937. The van der Waals surface area contributed by atoms with Crippen molar-refractivity contribution in [3.05, 3.63) is 66.7 Å². The third kappa shape index (κ3) is 3.62. The molecule has 0 unspecified atom stereocenters. The van der Waals surface area contributed by atoms with Crippen LogP contribution in [-0.4, -0.2) is 21.3 Å². The fourth-order valence-electron chi connectivity index (χ4n) is 2.02. The van der Waals surface area contributed by atoms with Gasteiger partial charge in [0.15, 0.2) is 11.8 Å². The first kappa shape index (κ1) is 14.5. The number of aromatic nitrogens is 2. The van der Waals surface area contributed by atoms with Crippen molar-refractivity contribution < 1.29 is 5.11 Å². The Morgan fingerprint density at radius 2 is 1.65 bits per heavy atom. The molecule has 0 aliphatic carbocycles. The SMILES string of the molecule is NC(=Nc1ccc(-c2ccccc2)nn1)Nc1ccccc1O. The maximum absolute atomic E-state index is 9.69. The quantitative estimate of drug-likeness (QED) is 0.393. The van der Waals surface area contributed by atoms with Crippen LogP contribution in [0.1, 0.15) is 0 Å². The number of nitrogens with two attached hydrogens (primary N) is 1. The van der Waals surface area contributed by atoms with E-state index in [9.17, 15) is 5.11 Å². The van der Waals surface area contributed by atoms with Crippen molar-refractivity contribution in [2.24, 2.45) is 10.7 Å². The van der Waals surface area contributed by atoms with Crippen molar-refractivity contribution in [3.63, 3.8) is 0 Å². The smallest absolute Gasteiger partial charge is 0.200 e. The first-order chi connectivity index (χ1) is 11.2. The van der Waals surface area contributed by atoms with Crippen LogP contribution in [0.3, 0.4) is 0 Å². The molecular formula is C17H15N5O. The van der Waals surface area contributed by atoms with Crippen molar-refractivity contribution in [1.82, 2.24) is 10.2 Å². The van der Waals surface area contributed by atoms with Crippen LogP contribution < -0.4 is 11.1 Å². The topological polar surface area (TPSA) is 96.4 Å². The molecule has 0 fully saturated rings. The zero-order chi connectivity index (χ0) is 16.1. The van der Waals surface area contributed by atoms with Crippen molar-refractivity contribution >= 4 is 17.5 Å². The molecule has 0 amide bonds. The highest BCUT2D eigenvalue weighted by atomic mass is 16.3. The molecule has 0 spiro atoms. The first-order valence-corrected chi connectivity index (χ1v) is 7.01. The second kappa shape index (κ2) is 6.57. The van der Waals surface area contributed by atoms with Gasteiger partial charge >= 0.3 is 0 Å². The number of aliphatic imine (C=N–C) groups is 1. The van der Waals surface area contributed by atoms with Crippen molar-refractivity contribution in [1.29, 1.82) is 0 Å². The van der Waals surface area contributed by atoms with Crippen molar-refractivity contribution in [2.45, 2.75) is 0 Å². The Balaban J connectivity index is 1.76. The van der Waals surface area contributed by atoms with E-state index >= 15 is 0 Å². The standard InChI is InChI=1S/C17H15N5O/c18-17(19-14-8-4-5-9-15(14)23)20-16-11-10-13(21-22-16)12-6-2-1-3-7-12/h1-11,23H,(H3,18,19,20,22). The normalized spacial score (nSPS) is 11.2. The van der Waals surface area contributed by atoms with E-state index in [-0.39, 0.29) is 11.7 Å². The molecule has 1 heterocycles. The van der Waals surface area contributed by atoms with Gasteiger partial charge in [0.05, 0.1) is 11.4 Å². The van der Waals surface area contributed by atoms with Gasteiger partial charge in [0, 0.05) is 5.56 Å². The van der Waals surface area contributed by atoms with Crippen LogP contribution in [0.2, 0.25) is 0 Å². The van der Waals surface area contributed by atoms with Gasteiger partial charge in [0.1, 0.15) is 5.75 Å². The maximum atomic E-state index is 9.69. The van der Waals surface area contributed by atoms with Gasteiger partial charge in [-0.2, -0.15) is 4.99 Å². The van der Waals surface area contributed by atoms with Crippen molar-refractivity contribution in [3.8, 4) is 17.0 Å². The van der Waals surface area contributed by atoms with Gasteiger partial charge < -0.3 is 16.2 Å². The third-order valence-electron chi connectivity index (χ3n) is 3.12. The lowest BCUT2D eigenvalue weighted by Gasteiger charge is -2.06. The number of aromatic hydroxyl groups is 1. The van der Waals surface area contributed by atoms with Gasteiger partial charge in [0.2, 0.25) is 0 Å². The fourth-order valence-corrected chi connectivity index (χ4v) is 2.02. The molecule has 0 atom stereocenters. The van der Waals surface area contributed by atoms with Crippen LogP contribution >= 0.6 is 0 Å². The fraction of sp³-hybridized carbons (Fsp3) is 0. The number of anilines is 1. The number of hydrogen-bond donors (Lipinski definition) is 3. The van der Waals surface area contributed by atoms with E-state index < -0.39 is 0 Å². The van der Waals surface area contributed by atoms with Gasteiger partial charge in [-0.1, -0.05) is 42.5 Å². The molecule has 0 aliphatic rings. The summed E-state index contributed by atoms with van der Waals surface area (Å²) in [6.07, 6.45) is 0. The Kier molecular flexibility index (Phi) is 4.15. The van der Waals surface area contributed by atoms with Gasteiger partial charge in [-0.3, -0.25) is 0 Å². The number of nitrogens with one attached hydrogen (secondary N) is 1. The second-order valence-electron chi connectivity index (χ2n) is 4.78. The van der Waals surface area contributed by atoms with E-state index in [1.165, 1.54) is 0 Å². The second-order valence-corrected chi connectivity index (χ2v) is 4.78. The minimum Gasteiger partial charge on any atom is -0.506 e. The molecule has 6 nitrogen and oxygen atoms in total. The molecule has 3 aromatic rings. The molecule has 6 heteroatoms. The monoisotopic (exact) mass is 305 g/mol. The third-order valence-corrected chi connectivity index (χ3v) is 3.12. The Morgan fingerprint density at radius 1 is 0.913 bits per heavy atom. The van der Waals surface area contributed by atoms with Crippen LogP contribution in [0.5, 0.6) is 5.75 Å². The minimum atomic E-state index is 0.0937. The summed E-state index contributed by atoms with van der Waals surface area (Å²) in [4.78, 5) is 4.13. The Labute approximate surface area is 133 Å². The van der Waals surface area contributed by atoms with Gasteiger partial charge in [-0.05, 0) is 24.3 Å². The van der Waals surface area contributed by atoms with Gasteiger partial charge in [0.25, 0.3) is 0 Å². The number of para-hydroxylation sites is 2. The lowest BCUT2D eigenvalue weighted by molar-refractivity contribution is 0.478. The van der Waals surface area contributed by atoms with Gasteiger partial charge in [-0.25, -0.2) is 0 Å². The lowest BCUT2D eigenvalue weighted by Crippen LogP contribution is -2.22. The number of nitrogens with zero attached hydrogens (tertiary/aromatic N) is 3. The summed E-state index contributed by atoms with van der Waals surface area (Å²) < 4.78 is 0. The van der Waals surface area contributed by atoms with E-state index in [4.69, 9.17) is 5.73 Å². The molecule has 0 radical (unpaired) electrons.